The van der Waals surface area contributed by atoms with E-state index in [4.69, 9.17) is 0 Å². The van der Waals surface area contributed by atoms with Crippen LogP contribution in [0.3, 0.4) is 0 Å². The second kappa shape index (κ2) is 7.01. The van der Waals surface area contributed by atoms with Crippen LogP contribution in [0.1, 0.15) is 44.0 Å². The van der Waals surface area contributed by atoms with E-state index in [0.717, 1.165) is 31.6 Å². The molecule has 2 N–H and O–H groups in total. The van der Waals surface area contributed by atoms with Gasteiger partial charge in [-0.15, -0.1) is 0 Å². The van der Waals surface area contributed by atoms with Crippen molar-refractivity contribution in [3.63, 3.8) is 0 Å². The SMILES string of the molecule is CC(C)(C)C(C#N)NC(=O)c1ccc(N2CCC(O)CC2)cc1. The topological polar surface area (TPSA) is 76.4 Å². The number of hydrogen-bond donors (Lipinski definition) is 2. The molecule has 1 aliphatic rings. The molecule has 1 heterocycles. The summed E-state index contributed by atoms with van der Waals surface area (Å²) in [6.07, 6.45) is 1.35. The molecule has 1 unspecified atom stereocenters. The largest absolute Gasteiger partial charge is 0.393 e. The van der Waals surface area contributed by atoms with Crippen molar-refractivity contribution >= 4 is 11.6 Å². The van der Waals surface area contributed by atoms with Crippen LogP contribution in [0.2, 0.25) is 0 Å². The van der Waals surface area contributed by atoms with Crippen LogP contribution in [-0.2, 0) is 0 Å². The molecule has 5 nitrogen and oxygen atoms in total. The number of carbonyl (C=O) groups excluding carboxylic acids is 1. The Morgan fingerprint density at radius 1 is 1.30 bits per heavy atom. The van der Waals surface area contributed by atoms with Gasteiger partial charge in [0.25, 0.3) is 5.91 Å². The molecule has 0 radical (unpaired) electrons. The predicted octanol–water partition coefficient (Wildman–Crippen LogP) is 2.32. The highest BCUT2D eigenvalue weighted by atomic mass is 16.3. The molecule has 0 bridgehead atoms. The van der Waals surface area contributed by atoms with Crippen molar-refractivity contribution in [3.05, 3.63) is 29.8 Å². The lowest BCUT2D eigenvalue weighted by atomic mass is 9.87. The summed E-state index contributed by atoms with van der Waals surface area (Å²) in [6, 6.07) is 9.03. The molecule has 0 spiro atoms. The first-order valence-electron chi connectivity index (χ1n) is 8.05. The summed E-state index contributed by atoms with van der Waals surface area (Å²) in [5.41, 5.74) is 1.30. The summed E-state index contributed by atoms with van der Waals surface area (Å²) in [5, 5.41) is 21.5. The number of benzene rings is 1. The van der Waals surface area contributed by atoms with E-state index in [9.17, 15) is 15.2 Å². The van der Waals surface area contributed by atoms with Crippen molar-refractivity contribution in [1.82, 2.24) is 5.32 Å². The molecule has 0 saturated carbocycles. The molecule has 0 aliphatic carbocycles. The third kappa shape index (κ3) is 4.46. The number of rotatable bonds is 3. The zero-order valence-electron chi connectivity index (χ0n) is 14.0. The van der Waals surface area contributed by atoms with E-state index < -0.39 is 6.04 Å². The molecule has 0 aromatic heterocycles. The lowest BCUT2D eigenvalue weighted by Gasteiger charge is -2.31. The van der Waals surface area contributed by atoms with Gasteiger partial charge in [0.2, 0.25) is 0 Å². The molecule has 23 heavy (non-hydrogen) atoms. The molecule has 1 aliphatic heterocycles. The zero-order chi connectivity index (χ0) is 17.0. The molecule has 1 fully saturated rings. The van der Waals surface area contributed by atoms with E-state index in [1.54, 1.807) is 12.1 Å². The molecule has 5 heteroatoms. The van der Waals surface area contributed by atoms with Crippen LogP contribution in [0.4, 0.5) is 5.69 Å². The first-order valence-corrected chi connectivity index (χ1v) is 8.05. The van der Waals surface area contributed by atoms with E-state index in [1.165, 1.54) is 0 Å². The maximum Gasteiger partial charge on any atom is 0.252 e. The van der Waals surface area contributed by atoms with E-state index in [-0.39, 0.29) is 17.4 Å². The summed E-state index contributed by atoms with van der Waals surface area (Å²) in [7, 11) is 0. The Morgan fingerprint density at radius 2 is 1.87 bits per heavy atom. The van der Waals surface area contributed by atoms with Crippen LogP contribution in [0.5, 0.6) is 0 Å². The Hall–Kier alpha value is -2.06. The summed E-state index contributed by atoms with van der Waals surface area (Å²) in [6.45, 7) is 7.43. The number of aliphatic hydroxyl groups is 1. The maximum absolute atomic E-state index is 12.3. The highest BCUT2D eigenvalue weighted by Crippen LogP contribution is 2.22. The minimum absolute atomic E-state index is 0.198. The summed E-state index contributed by atoms with van der Waals surface area (Å²) < 4.78 is 0. The van der Waals surface area contributed by atoms with Crippen molar-refractivity contribution in [2.24, 2.45) is 5.41 Å². The molecule has 124 valence electrons. The van der Waals surface area contributed by atoms with Crippen LogP contribution in [0, 0.1) is 16.7 Å². The van der Waals surface area contributed by atoms with Gasteiger partial charge < -0.3 is 15.3 Å². The van der Waals surface area contributed by atoms with Crippen molar-refractivity contribution in [1.29, 1.82) is 5.26 Å². The molecule has 1 aromatic carbocycles. The van der Waals surface area contributed by atoms with Gasteiger partial charge in [-0.05, 0) is 42.5 Å². The Kier molecular flexibility index (Phi) is 5.27. The summed E-state index contributed by atoms with van der Waals surface area (Å²) in [4.78, 5) is 14.5. The number of amides is 1. The molecule has 1 atom stereocenters. The van der Waals surface area contributed by atoms with Gasteiger partial charge in [-0.25, -0.2) is 0 Å². The summed E-state index contributed by atoms with van der Waals surface area (Å²) >= 11 is 0. The fourth-order valence-electron chi connectivity index (χ4n) is 2.60. The van der Waals surface area contributed by atoms with Crippen molar-refractivity contribution < 1.29 is 9.90 Å². The second-order valence-electron chi connectivity index (χ2n) is 7.17. The molecular formula is C18H25N3O2. The van der Waals surface area contributed by atoms with Crippen LogP contribution < -0.4 is 10.2 Å². The highest BCUT2D eigenvalue weighted by molar-refractivity contribution is 5.95. The Labute approximate surface area is 137 Å². The first kappa shape index (κ1) is 17.3. The number of nitriles is 1. The van der Waals surface area contributed by atoms with Gasteiger partial charge in [0, 0.05) is 24.3 Å². The summed E-state index contributed by atoms with van der Waals surface area (Å²) in [5.74, 6) is -0.230. The normalized spacial score (nSPS) is 17.4. The van der Waals surface area contributed by atoms with Gasteiger partial charge in [-0.3, -0.25) is 4.79 Å². The third-order valence-electron chi connectivity index (χ3n) is 4.23. The second-order valence-corrected chi connectivity index (χ2v) is 7.17. The first-order chi connectivity index (χ1) is 10.8. The van der Waals surface area contributed by atoms with E-state index in [0.29, 0.717) is 5.56 Å². The molecular weight excluding hydrogens is 290 g/mol. The van der Waals surface area contributed by atoms with Crippen LogP contribution in [0.15, 0.2) is 24.3 Å². The number of aliphatic hydroxyl groups excluding tert-OH is 1. The maximum atomic E-state index is 12.3. The number of anilines is 1. The molecule has 1 saturated heterocycles. The van der Waals surface area contributed by atoms with E-state index >= 15 is 0 Å². The standard InChI is InChI=1S/C18H25N3O2/c1-18(2,3)16(12-19)20-17(23)13-4-6-14(7-5-13)21-10-8-15(22)9-11-21/h4-7,15-16,22H,8-11H2,1-3H3,(H,20,23). The van der Waals surface area contributed by atoms with Gasteiger partial charge in [-0.1, -0.05) is 20.8 Å². The number of hydrogen-bond acceptors (Lipinski definition) is 4. The van der Waals surface area contributed by atoms with Crippen LogP contribution >= 0.6 is 0 Å². The third-order valence-corrected chi connectivity index (χ3v) is 4.23. The lowest BCUT2D eigenvalue weighted by Crippen LogP contribution is -2.42. The molecule has 2 rings (SSSR count). The average Bonchev–Trinajstić information content (AvgIpc) is 2.52. The average molecular weight is 315 g/mol. The van der Waals surface area contributed by atoms with Gasteiger partial charge in [0.05, 0.1) is 12.2 Å². The van der Waals surface area contributed by atoms with Gasteiger partial charge in [-0.2, -0.15) is 5.26 Å². The Balaban J connectivity index is 2.02. The number of nitrogens with zero attached hydrogens (tertiary/aromatic N) is 2. The van der Waals surface area contributed by atoms with Crippen molar-refractivity contribution in [2.45, 2.75) is 45.8 Å². The fourth-order valence-corrected chi connectivity index (χ4v) is 2.60. The lowest BCUT2D eigenvalue weighted by molar-refractivity contribution is 0.0922. The number of piperidine rings is 1. The Morgan fingerprint density at radius 3 is 2.35 bits per heavy atom. The van der Waals surface area contributed by atoms with Gasteiger partial charge in [0.1, 0.15) is 6.04 Å². The Bertz CT molecular complexity index is 576. The van der Waals surface area contributed by atoms with E-state index in [1.807, 2.05) is 32.9 Å². The molecule has 1 amide bonds. The minimum Gasteiger partial charge on any atom is -0.393 e. The highest BCUT2D eigenvalue weighted by Gasteiger charge is 2.26. The van der Waals surface area contributed by atoms with Crippen LogP contribution in [-0.4, -0.2) is 36.2 Å². The quantitative estimate of drug-likeness (QED) is 0.897. The van der Waals surface area contributed by atoms with Crippen molar-refractivity contribution in [2.75, 3.05) is 18.0 Å². The zero-order valence-corrected chi connectivity index (χ0v) is 14.0. The van der Waals surface area contributed by atoms with E-state index in [2.05, 4.69) is 16.3 Å². The minimum atomic E-state index is -0.529. The van der Waals surface area contributed by atoms with Crippen LogP contribution in [0.25, 0.3) is 0 Å². The van der Waals surface area contributed by atoms with Gasteiger partial charge in [0.15, 0.2) is 0 Å². The van der Waals surface area contributed by atoms with Crippen molar-refractivity contribution in [3.8, 4) is 6.07 Å². The van der Waals surface area contributed by atoms with Gasteiger partial charge >= 0.3 is 0 Å². The smallest absolute Gasteiger partial charge is 0.252 e. The monoisotopic (exact) mass is 315 g/mol. The number of carbonyl (C=O) groups is 1. The molecule has 1 aromatic rings. The fraction of sp³-hybridized carbons (Fsp3) is 0.556. The predicted molar refractivity (Wildman–Crippen MR) is 90.2 cm³/mol. The number of nitrogens with one attached hydrogen (secondary N) is 1.